The summed E-state index contributed by atoms with van der Waals surface area (Å²) < 4.78 is 4.81. The van der Waals surface area contributed by atoms with Crippen LogP contribution in [-0.2, 0) is 9.53 Å². The number of esters is 1. The topological polar surface area (TPSA) is 52.3 Å². The van der Waals surface area contributed by atoms with Gasteiger partial charge in [-0.1, -0.05) is 34.8 Å². The number of carbonyl (C=O) groups is 1. The van der Waals surface area contributed by atoms with Crippen LogP contribution in [0.2, 0.25) is 15.1 Å². The Morgan fingerprint density at radius 1 is 1.33 bits per heavy atom. The maximum absolute atomic E-state index is 11.3. The predicted octanol–water partition coefficient (Wildman–Crippen LogP) is 4.02. The van der Waals surface area contributed by atoms with E-state index in [1.807, 2.05) is 0 Å². The van der Waals surface area contributed by atoms with Crippen LogP contribution in [0.4, 0.5) is 0 Å². The number of rotatable bonds is 4. The lowest BCUT2D eigenvalue weighted by Crippen LogP contribution is -2.18. The van der Waals surface area contributed by atoms with E-state index in [0.717, 1.165) is 0 Å². The van der Waals surface area contributed by atoms with Crippen molar-refractivity contribution in [3.63, 3.8) is 0 Å². The summed E-state index contributed by atoms with van der Waals surface area (Å²) >= 11 is 17.9. The summed E-state index contributed by atoms with van der Waals surface area (Å²) in [6.45, 7) is 2.03. The van der Waals surface area contributed by atoms with Gasteiger partial charge in [-0.15, -0.1) is 12.4 Å². The number of halogens is 4. The summed E-state index contributed by atoms with van der Waals surface area (Å²) in [6, 6.07) is 2.54. The van der Waals surface area contributed by atoms with Crippen LogP contribution in [0.3, 0.4) is 0 Å². The SMILES string of the molecule is CCOC(=O)C[C@@H](N)c1c(Cl)ccc(Cl)c1Cl.Cl. The molecule has 0 unspecified atom stereocenters. The quantitative estimate of drug-likeness (QED) is 0.669. The average molecular weight is 333 g/mol. The lowest BCUT2D eigenvalue weighted by molar-refractivity contribution is -0.143. The van der Waals surface area contributed by atoms with Crippen LogP contribution in [0.25, 0.3) is 0 Å². The Balaban J connectivity index is 0.00000289. The fourth-order valence-corrected chi connectivity index (χ4v) is 2.20. The van der Waals surface area contributed by atoms with Crippen molar-refractivity contribution in [2.75, 3.05) is 6.61 Å². The average Bonchev–Trinajstić information content (AvgIpc) is 2.24. The molecule has 2 N–H and O–H groups in total. The van der Waals surface area contributed by atoms with Crippen LogP contribution >= 0.6 is 47.2 Å². The molecule has 0 bridgehead atoms. The second kappa shape index (κ2) is 8.08. The minimum absolute atomic E-state index is 0. The van der Waals surface area contributed by atoms with E-state index < -0.39 is 12.0 Å². The van der Waals surface area contributed by atoms with E-state index >= 15 is 0 Å². The molecule has 0 saturated heterocycles. The van der Waals surface area contributed by atoms with Crippen molar-refractivity contribution >= 4 is 53.2 Å². The Morgan fingerprint density at radius 3 is 2.44 bits per heavy atom. The molecule has 0 aliphatic carbocycles. The van der Waals surface area contributed by atoms with E-state index in [1.165, 1.54) is 0 Å². The first-order valence-corrected chi connectivity index (χ1v) is 6.15. The van der Waals surface area contributed by atoms with Crippen molar-refractivity contribution < 1.29 is 9.53 Å². The monoisotopic (exact) mass is 331 g/mol. The molecule has 1 atom stereocenters. The highest BCUT2D eigenvalue weighted by Crippen LogP contribution is 2.35. The lowest BCUT2D eigenvalue weighted by atomic mass is 10.0. The molecule has 18 heavy (non-hydrogen) atoms. The fourth-order valence-electron chi connectivity index (χ4n) is 1.38. The molecular weight excluding hydrogens is 320 g/mol. The summed E-state index contributed by atoms with van der Waals surface area (Å²) in [4.78, 5) is 11.3. The lowest BCUT2D eigenvalue weighted by Gasteiger charge is -2.15. The minimum atomic E-state index is -0.632. The number of nitrogens with two attached hydrogens (primary N) is 1. The van der Waals surface area contributed by atoms with Gasteiger partial charge in [0.05, 0.1) is 23.1 Å². The molecule has 7 heteroatoms. The Labute approximate surface area is 127 Å². The van der Waals surface area contributed by atoms with Crippen LogP contribution in [-0.4, -0.2) is 12.6 Å². The number of hydrogen-bond donors (Lipinski definition) is 1. The van der Waals surface area contributed by atoms with Crippen molar-refractivity contribution in [2.24, 2.45) is 5.73 Å². The predicted molar refractivity (Wildman–Crippen MR) is 76.9 cm³/mol. The second-order valence-corrected chi connectivity index (χ2v) is 4.56. The summed E-state index contributed by atoms with van der Waals surface area (Å²) in [5, 5.41) is 1.01. The fraction of sp³-hybridized carbons (Fsp3) is 0.364. The molecule has 0 fully saturated rings. The number of benzene rings is 1. The number of ether oxygens (including phenoxy) is 1. The van der Waals surface area contributed by atoms with E-state index in [2.05, 4.69) is 0 Å². The molecule has 0 amide bonds. The molecule has 1 rings (SSSR count). The van der Waals surface area contributed by atoms with E-state index in [-0.39, 0.29) is 23.9 Å². The largest absolute Gasteiger partial charge is 0.466 e. The Bertz CT molecular complexity index is 426. The van der Waals surface area contributed by atoms with Crippen molar-refractivity contribution in [1.82, 2.24) is 0 Å². The van der Waals surface area contributed by atoms with Crippen molar-refractivity contribution in [3.8, 4) is 0 Å². The van der Waals surface area contributed by atoms with Gasteiger partial charge in [-0.2, -0.15) is 0 Å². The van der Waals surface area contributed by atoms with Crippen LogP contribution in [0.15, 0.2) is 12.1 Å². The molecule has 0 radical (unpaired) electrons. The summed E-state index contributed by atoms with van der Waals surface area (Å²) in [5.41, 5.74) is 6.33. The van der Waals surface area contributed by atoms with Gasteiger partial charge in [-0.3, -0.25) is 4.79 Å². The Kier molecular flexibility index (Phi) is 7.99. The van der Waals surface area contributed by atoms with Gasteiger partial charge in [0.15, 0.2) is 0 Å². The Morgan fingerprint density at radius 2 is 1.89 bits per heavy atom. The van der Waals surface area contributed by atoms with E-state index in [0.29, 0.717) is 22.2 Å². The minimum Gasteiger partial charge on any atom is -0.466 e. The zero-order valence-corrected chi connectivity index (χ0v) is 12.7. The molecule has 3 nitrogen and oxygen atoms in total. The molecule has 0 saturated carbocycles. The zero-order valence-electron chi connectivity index (χ0n) is 9.58. The second-order valence-electron chi connectivity index (χ2n) is 3.37. The summed E-state index contributed by atoms with van der Waals surface area (Å²) in [6.07, 6.45) is 0.00756. The molecule has 1 aromatic rings. The van der Waals surface area contributed by atoms with Crippen LogP contribution in [0.5, 0.6) is 0 Å². The molecule has 0 heterocycles. The van der Waals surface area contributed by atoms with Crippen molar-refractivity contribution in [3.05, 3.63) is 32.8 Å². The van der Waals surface area contributed by atoms with Gasteiger partial charge in [-0.25, -0.2) is 0 Å². The van der Waals surface area contributed by atoms with Crippen LogP contribution < -0.4 is 5.73 Å². The zero-order chi connectivity index (χ0) is 13.0. The molecular formula is C11H13Cl4NO2. The van der Waals surface area contributed by atoms with Crippen LogP contribution in [0, 0.1) is 0 Å². The van der Waals surface area contributed by atoms with Gasteiger partial charge in [-0.05, 0) is 19.1 Å². The van der Waals surface area contributed by atoms with Crippen molar-refractivity contribution in [2.45, 2.75) is 19.4 Å². The Hall–Kier alpha value is -0.190. The highest BCUT2D eigenvalue weighted by molar-refractivity contribution is 6.44. The van der Waals surface area contributed by atoms with Gasteiger partial charge < -0.3 is 10.5 Å². The number of hydrogen-bond acceptors (Lipinski definition) is 3. The van der Waals surface area contributed by atoms with Gasteiger partial charge >= 0.3 is 5.97 Å². The van der Waals surface area contributed by atoms with E-state index in [1.54, 1.807) is 19.1 Å². The van der Waals surface area contributed by atoms with E-state index in [9.17, 15) is 4.79 Å². The summed E-state index contributed by atoms with van der Waals surface area (Å²) in [7, 11) is 0. The first-order chi connectivity index (χ1) is 7.97. The standard InChI is InChI=1S/C11H12Cl3NO2.ClH/c1-2-17-9(16)5-8(15)10-6(12)3-4-7(13)11(10)14;/h3-4,8H,2,5,15H2,1H3;1H/t8-;/m1./s1. The van der Waals surface area contributed by atoms with Gasteiger partial charge in [0, 0.05) is 16.6 Å². The third-order valence-electron chi connectivity index (χ3n) is 2.14. The molecule has 1 aromatic carbocycles. The molecule has 102 valence electrons. The normalized spacial score (nSPS) is 11.6. The summed E-state index contributed by atoms with van der Waals surface area (Å²) in [5.74, 6) is -0.396. The molecule has 0 aliphatic heterocycles. The first kappa shape index (κ1) is 17.8. The highest BCUT2D eigenvalue weighted by Gasteiger charge is 2.19. The molecule has 0 aliphatic rings. The van der Waals surface area contributed by atoms with Gasteiger partial charge in [0.2, 0.25) is 0 Å². The van der Waals surface area contributed by atoms with E-state index in [4.69, 9.17) is 45.3 Å². The third kappa shape index (κ3) is 4.48. The first-order valence-electron chi connectivity index (χ1n) is 5.02. The van der Waals surface area contributed by atoms with Crippen molar-refractivity contribution in [1.29, 1.82) is 0 Å². The smallest absolute Gasteiger partial charge is 0.307 e. The van der Waals surface area contributed by atoms with Gasteiger partial charge in [0.25, 0.3) is 0 Å². The molecule has 0 spiro atoms. The third-order valence-corrected chi connectivity index (χ3v) is 3.29. The molecule has 0 aromatic heterocycles. The maximum Gasteiger partial charge on any atom is 0.307 e. The van der Waals surface area contributed by atoms with Crippen LogP contribution in [0.1, 0.15) is 24.9 Å². The number of carbonyl (C=O) groups excluding carboxylic acids is 1. The highest BCUT2D eigenvalue weighted by atomic mass is 35.5. The van der Waals surface area contributed by atoms with Gasteiger partial charge in [0.1, 0.15) is 0 Å². The maximum atomic E-state index is 11.3.